The Balaban J connectivity index is 1.12. The zero-order valence-electron chi connectivity index (χ0n) is 22.3. The molecule has 3 fully saturated rings. The van der Waals surface area contributed by atoms with Crippen LogP contribution in [0.2, 0.25) is 0 Å². The van der Waals surface area contributed by atoms with Crippen LogP contribution in [-0.2, 0) is 14.3 Å². The molecular formula is C28H34N8O3S. The first-order valence-corrected chi connectivity index (χ1v) is 14.8. The summed E-state index contributed by atoms with van der Waals surface area (Å²) in [4.78, 5) is 39.6. The van der Waals surface area contributed by atoms with E-state index in [-0.39, 0.29) is 17.7 Å². The molecule has 3 aromatic rings. The number of amides is 2. The van der Waals surface area contributed by atoms with Crippen LogP contribution in [0, 0.1) is 11.8 Å². The van der Waals surface area contributed by atoms with Gasteiger partial charge in [0.05, 0.1) is 19.4 Å². The fraction of sp³-hybridized carbons (Fsp3) is 0.464. The normalized spacial score (nSPS) is 18.0. The van der Waals surface area contributed by atoms with Crippen molar-refractivity contribution in [1.29, 1.82) is 0 Å². The van der Waals surface area contributed by atoms with Gasteiger partial charge in [-0.1, -0.05) is 0 Å². The number of aromatic amines is 1. The second-order valence-electron chi connectivity index (χ2n) is 10.5. The monoisotopic (exact) mass is 562 g/mol. The summed E-state index contributed by atoms with van der Waals surface area (Å²) < 4.78 is 5.38. The fourth-order valence-electron chi connectivity index (χ4n) is 5.00. The van der Waals surface area contributed by atoms with Crippen molar-refractivity contribution in [2.24, 2.45) is 11.8 Å². The first-order valence-electron chi connectivity index (χ1n) is 13.9. The van der Waals surface area contributed by atoms with Crippen molar-refractivity contribution in [2.75, 3.05) is 54.9 Å². The smallest absolute Gasteiger partial charge is 0.227 e. The second kappa shape index (κ2) is 12.3. The van der Waals surface area contributed by atoms with Crippen LogP contribution in [0.5, 0.6) is 0 Å². The average Bonchev–Trinajstić information content (AvgIpc) is 3.72. The van der Waals surface area contributed by atoms with E-state index in [1.165, 1.54) is 11.8 Å². The van der Waals surface area contributed by atoms with Gasteiger partial charge in [0.1, 0.15) is 17.5 Å². The van der Waals surface area contributed by atoms with Crippen molar-refractivity contribution in [2.45, 2.75) is 42.2 Å². The number of carbonyl (C=O) groups excluding carboxylic acids is 2. The molecule has 2 aliphatic heterocycles. The molecule has 2 amide bonds. The van der Waals surface area contributed by atoms with Crippen LogP contribution < -0.4 is 15.5 Å². The van der Waals surface area contributed by atoms with Crippen LogP contribution in [0.25, 0.3) is 0 Å². The van der Waals surface area contributed by atoms with Gasteiger partial charge in [-0.2, -0.15) is 5.10 Å². The molecule has 1 aliphatic carbocycles. The number of nitrogens with one attached hydrogen (secondary N) is 3. The summed E-state index contributed by atoms with van der Waals surface area (Å²) in [5.74, 6) is 3.16. The van der Waals surface area contributed by atoms with Gasteiger partial charge in [0.2, 0.25) is 11.8 Å². The maximum atomic E-state index is 12.7. The number of hydrogen-bond donors (Lipinski definition) is 3. The van der Waals surface area contributed by atoms with Gasteiger partial charge in [0.15, 0.2) is 5.16 Å². The van der Waals surface area contributed by atoms with Gasteiger partial charge in [-0.15, -0.1) is 0 Å². The lowest BCUT2D eigenvalue weighted by Gasteiger charge is -2.34. The number of benzene rings is 1. The Labute approximate surface area is 237 Å². The Kier molecular flexibility index (Phi) is 8.14. The highest BCUT2D eigenvalue weighted by atomic mass is 32.2. The van der Waals surface area contributed by atoms with Crippen LogP contribution in [-0.4, -0.2) is 76.3 Å². The number of aromatic nitrogens is 4. The summed E-state index contributed by atoms with van der Waals surface area (Å²) in [5, 5.41) is 13.8. The van der Waals surface area contributed by atoms with Gasteiger partial charge in [0, 0.05) is 61.2 Å². The van der Waals surface area contributed by atoms with Crippen LogP contribution >= 0.6 is 11.8 Å². The first kappa shape index (κ1) is 26.6. The van der Waals surface area contributed by atoms with Crippen molar-refractivity contribution in [3.8, 4) is 0 Å². The predicted molar refractivity (Wildman–Crippen MR) is 153 cm³/mol. The number of H-pyrrole nitrogens is 1. The highest BCUT2D eigenvalue weighted by Crippen LogP contribution is 2.33. The molecule has 0 bridgehead atoms. The van der Waals surface area contributed by atoms with E-state index in [0.717, 1.165) is 61.0 Å². The van der Waals surface area contributed by atoms with E-state index in [1.54, 1.807) is 6.20 Å². The zero-order valence-corrected chi connectivity index (χ0v) is 23.2. The minimum Gasteiger partial charge on any atom is -0.378 e. The SMILES string of the molecule is O=C(Nc1ccc(Sc2nc(Nc3ccn[nH]3)cc(N3CCC(CC(=O)N4CCOCC4)CC3)n2)cc1)C1CC1. The molecule has 12 heteroatoms. The summed E-state index contributed by atoms with van der Waals surface area (Å²) in [5.41, 5.74) is 0.799. The van der Waals surface area contributed by atoms with Gasteiger partial charge in [-0.3, -0.25) is 14.7 Å². The summed E-state index contributed by atoms with van der Waals surface area (Å²) in [6.07, 6.45) is 6.13. The maximum absolute atomic E-state index is 12.7. The lowest BCUT2D eigenvalue weighted by Crippen LogP contribution is -2.42. The summed E-state index contributed by atoms with van der Waals surface area (Å²) in [7, 11) is 0. The molecule has 40 heavy (non-hydrogen) atoms. The molecule has 2 aromatic heterocycles. The maximum Gasteiger partial charge on any atom is 0.227 e. The molecule has 0 atom stereocenters. The zero-order chi connectivity index (χ0) is 27.3. The largest absolute Gasteiger partial charge is 0.378 e. The minimum absolute atomic E-state index is 0.0974. The summed E-state index contributed by atoms with van der Waals surface area (Å²) in [6, 6.07) is 11.6. The van der Waals surface area contributed by atoms with E-state index in [1.807, 2.05) is 41.3 Å². The molecule has 0 radical (unpaired) electrons. The third-order valence-corrected chi connectivity index (χ3v) is 8.37. The number of rotatable bonds is 9. The molecule has 11 nitrogen and oxygen atoms in total. The van der Waals surface area contributed by atoms with Crippen molar-refractivity contribution >= 4 is 46.7 Å². The number of carbonyl (C=O) groups is 2. The summed E-state index contributed by atoms with van der Waals surface area (Å²) >= 11 is 1.48. The van der Waals surface area contributed by atoms with E-state index in [0.29, 0.717) is 49.6 Å². The number of hydrogen-bond acceptors (Lipinski definition) is 9. The molecule has 4 heterocycles. The number of morpholine rings is 1. The van der Waals surface area contributed by atoms with Gasteiger partial charge in [-0.05, 0) is 67.6 Å². The molecule has 1 aromatic carbocycles. The standard InChI is InChI=1S/C28H34N8O3S/c37-26(36-13-15-39-16-14-36)17-19-8-11-35(12-9-19)25-18-24(31-23-7-10-29-34-23)32-28(33-25)40-22-5-3-21(4-6-22)30-27(38)20-1-2-20/h3-7,10,18-20H,1-2,8-9,11-17H2,(H,30,38)(H2,29,31,32,33,34). The van der Waals surface area contributed by atoms with Crippen LogP contribution in [0.4, 0.5) is 23.1 Å². The van der Waals surface area contributed by atoms with E-state index in [2.05, 4.69) is 25.7 Å². The topological polar surface area (TPSA) is 128 Å². The van der Waals surface area contributed by atoms with E-state index < -0.39 is 0 Å². The predicted octanol–water partition coefficient (Wildman–Crippen LogP) is 3.91. The quantitative estimate of drug-likeness (QED) is 0.333. The highest BCUT2D eigenvalue weighted by molar-refractivity contribution is 7.99. The fourth-order valence-corrected chi connectivity index (χ4v) is 5.77. The van der Waals surface area contributed by atoms with Crippen molar-refractivity contribution in [3.05, 3.63) is 42.6 Å². The van der Waals surface area contributed by atoms with E-state index in [9.17, 15) is 9.59 Å². The summed E-state index contributed by atoms with van der Waals surface area (Å²) in [6.45, 7) is 4.33. The van der Waals surface area contributed by atoms with Gasteiger partial charge >= 0.3 is 0 Å². The third-order valence-electron chi connectivity index (χ3n) is 7.50. The molecule has 6 rings (SSSR count). The number of nitrogens with zero attached hydrogens (tertiary/aromatic N) is 5. The Hall–Kier alpha value is -3.64. The van der Waals surface area contributed by atoms with Crippen LogP contribution in [0.3, 0.4) is 0 Å². The molecular weight excluding hydrogens is 528 g/mol. The lowest BCUT2D eigenvalue weighted by molar-refractivity contribution is -0.136. The lowest BCUT2D eigenvalue weighted by atomic mass is 9.93. The van der Waals surface area contributed by atoms with Crippen molar-refractivity contribution in [3.63, 3.8) is 0 Å². The average molecular weight is 563 g/mol. The number of piperidine rings is 1. The second-order valence-corrected chi connectivity index (χ2v) is 11.5. The third kappa shape index (κ3) is 6.92. The van der Waals surface area contributed by atoms with E-state index >= 15 is 0 Å². The molecule has 3 aliphatic rings. The molecule has 2 saturated heterocycles. The molecule has 0 spiro atoms. The molecule has 210 valence electrons. The Morgan fingerprint density at radius 2 is 1.77 bits per heavy atom. The van der Waals surface area contributed by atoms with E-state index in [4.69, 9.17) is 14.7 Å². The van der Waals surface area contributed by atoms with Gasteiger partial charge < -0.3 is 25.2 Å². The minimum atomic E-state index is 0.0974. The van der Waals surface area contributed by atoms with Crippen molar-refractivity contribution in [1.82, 2.24) is 25.1 Å². The molecule has 0 unspecified atom stereocenters. The van der Waals surface area contributed by atoms with Gasteiger partial charge in [-0.25, -0.2) is 9.97 Å². The highest BCUT2D eigenvalue weighted by Gasteiger charge is 2.29. The van der Waals surface area contributed by atoms with Crippen LogP contribution in [0.1, 0.15) is 32.1 Å². The number of ether oxygens (including phenoxy) is 1. The Morgan fingerprint density at radius 1 is 1.00 bits per heavy atom. The molecule has 3 N–H and O–H groups in total. The first-order chi connectivity index (χ1) is 19.6. The number of anilines is 4. The Morgan fingerprint density at radius 3 is 2.48 bits per heavy atom. The molecule has 1 saturated carbocycles. The van der Waals surface area contributed by atoms with Gasteiger partial charge in [0.25, 0.3) is 0 Å². The van der Waals surface area contributed by atoms with Crippen molar-refractivity contribution < 1.29 is 14.3 Å². The van der Waals surface area contributed by atoms with Crippen LogP contribution in [0.15, 0.2) is 52.6 Å². The Bertz CT molecular complexity index is 1300.